The number of aromatic nitrogens is 1. The molecule has 0 atom stereocenters. The number of nitrogens with zero attached hydrogens (tertiary/aromatic N) is 1. The number of carbonyl (C=O) groups excluding carboxylic acids is 1. The Kier molecular flexibility index (Phi) is 4.40. The average Bonchev–Trinajstić information content (AvgIpc) is 2.42. The molecule has 0 radical (unpaired) electrons. The maximum atomic E-state index is 12.0. The second-order valence-electron chi connectivity index (χ2n) is 3.97. The molecule has 0 saturated heterocycles. The van der Waals surface area contributed by atoms with Crippen molar-refractivity contribution in [2.75, 3.05) is 5.32 Å². The topological polar surface area (TPSA) is 42.0 Å². The molecule has 2 aromatic rings. The van der Waals surface area contributed by atoms with Crippen LogP contribution in [-0.2, 0) is 6.42 Å². The molecule has 0 spiro atoms. The largest absolute Gasteiger partial charge is 0.321 e. The number of halogens is 2. The van der Waals surface area contributed by atoms with E-state index in [4.69, 9.17) is 23.2 Å². The number of anilines is 1. The molecule has 0 unspecified atom stereocenters. The summed E-state index contributed by atoms with van der Waals surface area (Å²) in [5.74, 6) is -0.378. The van der Waals surface area contributed by atoms with Crippen LogP contribution >= 0.6 is 23.2 Å². The Morgan fingerprint density at radius 2 is 1.84 bits per heavy atom. The number of rotatable bonds is 3. The normalized spacial score (nSPS) is 10.3. The van der Waals surface area contributed by atoms with Gasteiger partial charge in [0, 0.05) is 5.69 Å². The zero-order chi connectivity index (χ0) is 13.8. The lowest BCUT2D eigenvalue weighted by atomic mass is 10.1. The molecule has 0 saturated carbocycles. The van der Waals surface area contributed by atoms with E-state index in [1.807, 2.05) is 24.3 Å². The number of benzene rings is 1. The predicted octanol–water partition coefficient (Wildman–Crippen LogP) is 4.20. The zero-order valence-electron chi connectivity index (χ0n) is 10.3. The smallest absolute Gasteiger partial charge is 0.275 e. The van der Waals surface area contributed by atoms with Crippen molar-refractivity contribution in [3.63, 3.8) is 0 Å². The van der Waals surface area contributed by atoms with Gasteiger partial charge in [0.15, 0.2) is 0 Å². The summed E-state index contributed by atoms with van der Waals surface area (Å²) < 4.78 is 0. The van der Waals surface area contributed by atoms with E-state index in [1.165, 1.54) is 11.6 Å². The molecule has 1 amide bonds. The highest BCUT2D eigenvalue weighted by atomic mass is 35.5. The van der Waals surface area contributed by atoms with Gasteiger partial charge in [-0.2, -0.15) is 0 Å². The van der Waals surface area contributed by atoms with Gasteiger partial charge in [0.05, 0.1) is 5.02 Å². The molecule has 1 aromatic heterocycles. The van der Waals surface area contributed by atoms with Gasteiger partial charge in [-0.15, -0.1) is 0 Å². The maximum absolute atomic E-state index is 12.0. The van der Waals surface area contributed by atoms with Crippen LogP contribution in [0.15, 0.2) is 36.4 Å². The van der Waals surface area contributed by atoms with Crippen molar-refractivity contribution in [1.29, 1.82) is 0 Å². The minimum atomic E-state index is -0.378. The van der Waals surface area contributed by atoms with Crippen molar-refractivity contribution >= 4 is 34.8 Å². The lowest BCUT2D eigenvalue weighted by molar-refractivity contribution is 0.102. The fourth-order valence-electron chi connectivity index (χ4n) is 1.59. The number of pyridine rings is 1. The van der Waals surface area contributed by atoms with Gasteiger partial charge in [0.1, 0.15) is 10.8 Å². The summed E-state index contributed by atoms with van der Waals surface area (Å²) in [6.45, 7) is 2.07. The highest BCUT2D eigenvalue weighted by Crippen LogP contribution is 2.18. The van der Waals surface area contributed by atoms with Crippen LogP contribution in [0.1, 0.15) is 23.0 Å². The van der Waals surface area contributed by atoms with E-state index in [2.05, 4.69) is 17.2 Å². The summed E-state index contributed by atoms with van der Waals surface area (Å²) in [7, 11) is 0. The molecule has 98 valence electrons. The minimum absolute atomic E-state index is 0.119. The van der Waals surface area contributed by atoms with Crippen molar-refractivity contribution in [3.8, 4) is 0 Å². The SMILES string of the molecule is CCc1ccc(NC(=O)c2nc(Cl)ccc2Cl)cc1. The summed E-state index contributed by atoms with van der Waals surface area (Å²) in [4.78, 5) is 15.9. The quantitative estimate of drug-likeness (QED) is 0.862. The Morgan fingerprint density at radius 1 is 1.16 bits per heavy atom. The summed E-state index contributed by atoms with van der Waals surface area (Å²) in [5, 5.41) is 3.24. The van der Waals surface area contributed by atoms with Crippen LogP contribution in [0, 0.1) is 0 Å². The molecule has 3 nitrogen and oxygen atoms in total. The number of hydrogen-bond donors (Lipinski definition) is 1. The first-order valence-corrected chi connectivity index (χ1v) is 6.58. The Balaban J connectivity index is 2.18. The van der Waals surface area contributed by atoms with Gasteiger partial charge in [-0.05, 0) is 36.2 Å². The van der Waals surface area contributed by atoms with Crippen LogP contribution in [0.5, 0.6) is 0 Å². The molecule has 19 heavy (non-hydrogen) atoms. The number of aryl methyl sites for hydroxylation is 1. The van der Waals surface area contributed by atoms with Crippen LogP contribution in [0.3, 0.4) is 0 Å². The Labute approximate surface area is 121 Å². The molecule has 0 aliphatic heterocycles. The molecule has 0 aliphatic carbocycles. The van der Waals surface area contributed by atoms with Crippen molar-refractivity contribution in [2.24, 2.45) is 0 Å². The van der Waals surface area contributed by atoms with Crippen LogP contribution in [0.25, 0.3) is 0 Å². The van der Waals surface area contributed by atoms with Gasteiger partial charge in [0.25, 0.3) is 5.91 Å². The molecule has 0 aliphatic rings. The maximum Gasteiger partial charge on any atom is 0.275 e. The van der Waals surface area contributed by atoms with Gasteiger partial charge in [-0.3, -0.25) is 4.79 Å². The van der Waals surface area contributed by atoms with E-state index in [1.54, 1.807) is 6.07 Å². The fourth-order valence-corrected chi connectivity index (χ4v) is 1.93. The van der Waals surface area contributed by atoms with Crippen molar-refractivity contribution in [2.45, 2.75) is 13.3 Å². The van der Waals surface area contributed by atoms with E-state index in [0.29, 0.717) is 5.69 Å². The van der Waals surface area contributed by atoms with E-state index in [0.717, 1.165) is 6.42 Å². The summed E-state index contributed by atoms with van der Waals surface area (Å²) in [6, 6.07) is 10.7. The van der Waals surface area contributed by atoms with Crippen molar-refractivity contribution < 1.29 is 4.79 Å². The second-order valence-corrected chi connectivity index (χ2v) is 4.76. The molecule has 2 rings (SSSR count). The van der Waals surface area contributed by atoms with Crippen molar-refractivity contribution in [3.05, 3.63) is 57.8 Å². The third-order valence-corrected chi connectivity index (χ3v) is 3.16. The monoisotopic (exact) mass is 294 g/mol. The van der Waals surface area contributed by atoms with Crippen LogP contribution < -0.4 is 5.32 Å². The number of hydrogen-bond acceptors (Lipinski definition) is 2. The second kappa shape index (κ2) is 6.04. The first-order valence-electron chi connectivity index (χ1n) is 5.82. The van der Waals surface area contributed by atoms with Crippen LogP contribution in [0.2, 0.25) is 10.2 Å². The molecule has 1 heterocycles. The van der Waals surface area contributed by atoms with E-state index >= 15 is 0 Å². The highest BCUT2D eigenvalue weighted by molar-refractivity contribution is 6.35. The molecule has 1 aromatic carbocycles. The zero-order valence-corrected chi connectivity index (χ0v) is 11.8. The Morgan fingerprint density at radius 3 is 2.47 bits per heavy atom. The lowest BCUT2D eigenvalue weighted by Gasteiger charge is -2.07. The highest BCUT2D eigenvalue weighted by Gasteiger charge is 2.13. The standard InChI is InChI=1S/C14H12Cl2N2O/c1-2-9-3-5-10(6-4-9)17-14(19)13-11(15)7-8-12(16)18-13/h3-8H,2H2,1H3,(H,17,19). The lowest BCUT2D eigenvalue weighted by Crippen LogP contribution is -2.14. The average molecular weight is 295 g/mol. The minimum Gasteiger partial charge on any atom is -0.321 e. The summed E-state index contributed by atoms with van der Waals surface area (Å²) in [6.07, 6.45) is 0.954. The predicted molar refractivity (Wildman–Crippen MR) is 78.0 cm³/mol. The van der Waals surface area contributed by atoms with E-state index < -0.39 is 0 Å². The molecule has 0 fully saturated rings. The van der Waals surface area contributed by atoms with Crippen LogP contribution in [-0.4, -0.2) is 10.9 Å². The number of nitrogens with one attached hydrogen (secondary N) is 1. The number of amides is 1. The molecule has 5 heteroatoms. The first kappa shape index (κ1) is 13.8. The van der Waals surface area contributed by atoms with Gasteiger partial charge < -0.3 is 5.32 Å². The fraction of sp³-hybridized carbons (Fsp3) is 0.143. The summed E-state index contributed by atoms with van der Waals surface area (Å²) >= 11 is 11.7. The number of carbonyl (C=O) groups is 1. The first-order chi connectivity index (χ1) is 9.10. The van der Waals surface area contributed by atoms with E-state index in [9.17, 15) is 4.79 Å². The Bertz CT molecular complexity index is 597. The summed E-state index contributed by atoms with van der Waals surface area (Å²) in [5.41, 5.74) is 2.02. The molecular weight excluding hydrogens is 283 g/mol. The van der Waals surface area contributed by atoms with Crippen LogP contribution in [0.4, 0.5) is 5.69 Å². The Hall–Kier alpha value is -1.58. The molecular formula is C14H12Cl2N2O. The van der Waals surface area contributed by atoms with Crippen molar-refractivity contribution in [1.82, 2.24) is 4.98 Å². The third-order valence-electron chi connectivity index (χ3n) is 2.65. The molecule has 0 bridgehead atoms. The van der Waals surface area contributed by atoms with Gasteiger partial charge in [-0.25, -0.2) is 4.98 Å². The van der Waals surface area contributed by atoms with Gasteiger partial charge in [0.2, 0.25) is 0 Å². The third kappa shape index (κ3) is 3.46. The van der Waals surface area contributed by atoms with Gasteiger partial charge in [-0.1, -0.05) is 42.3 Å². The van der Waals surface area contributed by atoms with E-state index in [-0.39, 0.29) is 21.8 Å². The molecule has 1 N–H and O–H groups in total. The van der Waals surface area contributed by atoms with Gasteiger partial charge >= 0.3 is 0 Å².